The van der Waals surface area contributed by atoms with E-state index in [-0.39, 0.29) is 12.6 Å². The van der Waals surface area contributed by atoms with Crippen molar-refractivity contribution < 1.29 is 14.3 Å². The number of thioether (sulfide) groups is 1. The van der Waals surface area contributed by atoms with Crippen LogP contribution in [0.3, 0.4) is 0 Å². The molecular formula is C23H23N5O3S. The number of hydrogen-bond acceptors (Lipinski definition) is 8. The van der Waals surface area contributed by atoms with Crippen molar-refractivity contribution in [1.29, 1.82) is 0 Å². The van der Waals surface area contributed by atoms with Gasteiger partial charge in [-0.05, 0) is 37.6 Å². The van der Waals surface area contributed by atoms with E-state index in [1.54, 1.807) is 14.0 Å². The summed E-state index contributed by atoms with van der Waals surface area (Å²) in [7, 11) is 1.59. The lowest BCUT2D eigenvalue weighted by Crippen LogP contribution is -2.14. The molecule has 0 amide bonds. The highest BCUT2D eigenvalue weighted by Crippen LogP contribution is 2.32. The fourth-order valence-electron chi connectivity index (χ4n) is 3.54. The molecule has 0 saturated carbocycles. The molecule has 2 N–H and O–H groups in total. The number of methoxy groups -OCH3 is 1. The molecule has 0 spiro atoms. The smallest absolute Gasteiger partial charge is 0.340 e. The molecule has 0 aliphatic heterocycles. The maximum absolute atomic E-state index is 12.7. The molecule has 2 aromatic heterocycles. The van der Waals surface area contributed by atoms with Gasteiger partial charge < -0.3 is 15.3 Å². The van der Waals surface area contributed by atoms with Gasteiger partial charge in [-0.2, -0.15) is 0 Å². The summed E-state index contributed by atoms with van der Waals surface area (Å²) in [5.74, 6) is 7.42. The second-order valence-corrected chi connectivity index (χ2v) is 7.90. The summed E-state index contributed by atoms with van der Waals surface area (Å²) in [4.78, 5) is 17.5. The summed E-state index contributed by atoms with van der Waals surface area (Å²) in [6, 6.07) is 15.2. The lowest BCUT2D eigenvalue weighted by molar-refractivity contribution is 0.0524. The Morgan fingerprint density at radius 3 is 2.66 bits per heavy atom. The molecular weight excluding hydrogens is 426 g/mol. The van der Waals surface area contributed by atoms with Crippen molar-refractivity contribution in [3.05, 3.63) is 65.4 Å². The average molecular weight is 450 g/mol. The number of para-hydroxylation sites is 2. The molecule has 32 heavy (non-hydrogen) atoms. The summed E-state index contributed by atoms with van der Waals surface area (Å²) in [6.45, 7) is 3.99. The number of aromatic nitrogens is 4. The minimum absolute atomic E-state index is 0.289. The van der Waals surface area contributed by atoms with Crippen LogP contribution in [-0.2, 0) is 10.5 Å². The lowest BCUT2D eigenvalue weighted by atomic mass is 10.0. The molecule has 0 radical (unpaired) electrons. The van der Waals surface area contributed by atoms with Crippen molar-refractivity contribution in [2.45, 2.75) is 24.8 Å². The Kier molecular flexibility index (Phi) is 6.27. The van der Waals surface area contributed by atoms with Gasteiger partial charge in [0.05, 0.1) is 36.1 Å². The number of fused-ring (bicyclic) bond motifs is 1. The number of ether oxygens (including phenoxy) is 2. The van der Waals surface area contributed by atoms with Crippen LogP contribution in [0.4, 0.5) is 0 Å². The highest BCUT2D eigenvalue weighted by molar-refractivity contribution is 7.98. The van der Waals surface area contributed by atoms with Crippen LogP contribution in [0.25, 0.3) is 22.3 Å². The molecule has 164 valence electrons. The number of benzene rings is 2. The Bertz CT molecular complexity index is 1290. The fourth-order valence-corrected chi connectivity index (χ4v) is 4.34. The van der Waals surface area contributed by atoms with Gasteiger partial charge in [0.2, 0.25) is 5.16 Å². The Labute approximate surface area is 189 Å². The van der Waals surface area contributed by atoms with Crippen molar-refractivity contribution in [2.75, 3.05) is 19.6 Å². The van der Waals surface area contributed by atoms with E-state index < -0.39 is 0 Å². The van der Waals surface area contributed by atoms with Crippen LogP contribution in [-0.4, -0.2) is 39.5 Å². The first kappa shape index (κ1) is 21.6. The molecule has 4 aromatic rings. The molecule has 8 nitrogen and oxygen atoms in total. The summed E-state index contributed by atoms with van der Waals surface area (Å²) in [6.07, 6.45) is 0. The molecule has 2 heterocycles. The van der Waals surface area contributed by atoms with Crippen molar-refractivity contribution >= 4 is 28.6 Å². The Morgan fingerprint density at radius 1 is 1.12 bits per heavy atom. The number of hydrogen-bond donors (Lipinski definition) is 1. The quantitative estimate of drug-likeness (QED) is 0.256. The van der Waals surface area contributed by atoms with E-state index >= 15 is 0 Å². The van der Waals surface area contributed by atoms with Gasteiger partial charge >= 0.3 is 5.97 Å². The van der Waals surface area contributed by atoms with Gasteiger partial charge in [-0.15, -0.1) is 10.2 Å². The number of nitrogens with two attached hydrogens (primary N) is 1. The fraction of sp³-hybridized carbons (Fsp3) is 0.217. The molecule has 0 aliphatic rings. The van der Waals surface area contributed by atoms with Gasteiger partial charge in [-0.25, -0.2) is 9.47 Å². The SMILES string of the molecule is CCOC(=O)c1c(CSc2nnc(-c3ccccc3OC)n2N)nc2ccccc2c1C. The van der Waals surface area contributed by atoms with Crippen molar-refractivity contribution in [3.8, 4) is 17.1 Å². The lowest BCUT2D eigenvalue weighted by Gasteiger charge is -2.13. The van der Waals surface area contributed by atoms with Gasteiger partial charge in [0.1, 0.15) is 5.75 Å². The zero-order chi connectivity index (χ0) is 22.7. The van der Waals surface area contributed by atoms with Crippen LogP contribution >= 0.6 is 11.8 Å². The molecule has 2 aromatic carbocycles. The summed E-state index contributed by atoms with van der Waals surface area (Å²) in [5.41, 5.74) is 3.49. The van der Waals surface area contributed by atoms with Gasteiger partial charge in [0.15, 0.2) is 5.82 Å². The molecule has 9 heteroatoms. The van der Waals surface area contributed by atoms with Gasteiger partial charge in [-0.1, -0.05) is 42.1 Å². The summed E-state index contributed by atoms with van der Waals surface area (Å²) in [5, 5.41) is 9.88. The third-order valence-electron chi connectivity index (χ3n) is 5.06. The third-order valence-corrected chi connectivity index (χ3v) is 6.01. The molecule has 0 bridgehead atoms. The standard InChI is InChI=1S/C23H23N5O3S/c1-4-31-22(29)20-14(2)15-9-5-7-11-17(15)25-18(20)13-32-23-27-26-21(28(23)24)16-10-6-8-12-19(16)30-3/h5-12H,4,13,24H2,1-3H3. The molecule has 0 unspecified atom stereocenters. The zero-order valence-corrected chi connectivity index (χ0v) is 18.8. The minimum Gasteiger partial charge on any atom is -0.496 e. The molecule has 0 fully saturated rings. The number of nitrogens with zero attached hydrogens (tertiary/aromatic N) is 4. The van der Waals surface area contributed by atoms with E-state index in [4.69, 9.17) is 20.3 Å². The van der Waals surface area contributed by atoms with Crippen LogP contribution in [0, 0.1) is 6.92 Å². The monoisotopic (exact) mass is 449 g/mol. The predicted molar refractivity (Wildman–Crippen MR) is 124 cm³/mol. The first-order valence-electron chi connectivity index (χ1n) is 10.1. The third kappa shape index (κ3) is 3.99. The van der Waals surface area contributed by atoms with E-state index in [1.807, 2.05) is 55.5 Å². The molecule has 0 aliphatic carbocycles. The predicted octanol–water partition coefficient (Wildman–Crippen LogP) is 3.99. The second-order valence-electron chi connectivity index (χ2n) is 6.96. The summed E-state index contributed by atoms with van der Waals surface area (Å²) < 4.78 is 12.1. The Hall–Kier alpha value is -3.59. The summed E-state index contributed by atoms with van der Waals surface area (Å²) >= 11 is 1.35. The number of aryl methyl sites for hydroxylation is 1. The number of rotatable bonds is 7. The van der Waals surface area contributed by atoms with Crippen molar-refractivity contribution in [3.63, 3.8) is 0 Å². The largest absolute Gasteiger partial charge is 0.496 e. The van der Waals surface area contributed by atoms with Gasteiger partial charge in [-0.3, -0.25) is 4.98 Å². The van der Waals surface area contributed by atoms with E-state index in [9.17, 15) is 4.79 Å². The molecule has 0 atom stereocenters. The molecule has 0 saturated heterocycles. The van der Waals surface area contributed by atoms with Crippen molar-refractivity contribution in [2.24, 2.45) is 0 Å². The van der Waals surface area contributed by atoms with Crippen molar-refractivity contribution in [1.82, 2.24) is 19.9 Å². The first-order valence-corrected chi connectivity index (χ1v) is 11.1. The number of pyridine rings is 1. The normalized spacial score (nSPS) is 11.0. The highest BCUT2D eigenvalue weighted by Gasteiger charge is 2.22. The van der Waals surface area contributed by atoms with Crippen LogP contribution < -0.4 is 10.6 Å². The minimum atomic E-state index is -0.386. The Morgan fingerprint density at radius 2 is 1.88 bits per heavy atom. The number of esters is 1. The van der Waals surface area contributed by atoms with Crippen LogP contribution in [0.2, 0.25) is 0 Å². The van der Waals surface area contributed by atoms with Crippen LogP contribution in [0.5, 0.6) is 5.75 Å². The number of carbonyl (C=O) groups excluding carboxylic acids is 1. The maximum Gasteiger partial charge on any atom is 0.340 e. The zero-order valence-electron chi connectivity index (χ0n) is 18.0. The van der Waals surface area contributed by atoms with Crippen LogP contribution in [0.15, 0.2) is 53.7 Å². The van der Waals surface area contributed by atoms with E-state index in [0.717, 1.165) is 22.0 Å². The van der Waals surface area contributed by atoms with Gasteiger partial charge in [0.25, 0.3) is 0 Å². The second kappa shape index (κ2) is 9.27. The van der Waals surface area contributed by atoms with E-state index in [2.05, 4.69) is 10.2 Å². The van der Waals surface area contributed by atoms with E-state index in [1.165, 1.54) is 16.4 Å². The molecule has 4 rings (SSSR count). The number of nitrogen functional groups attached to an aromatic ring is 1. The number of carbonyl (C=O) groups is 1. The maximum atomic E-state index is 12.7. The van der Waals surface area contributed by atoms with Gasteiger partial charge in [0, 0.05) is 11.1 Å². The highest BCUT2D eigenvalue weighted by atomic mass is 32.2. The van der Waals surface area contributed by atoms with E-state index in [0.29, 0.717) is 33.7 Å². The average Bonchev–Trinajstić information content (AvgIpc) is 3.17. The Balaban J connectivity index is 1.68. The van der Waals surface area contributed by atoms with Crippen LogP contribution in [0.1, 0.15) is 28.5 Å². The first-order chi connectivity index (χ1) is 15.5. The topological polar surface area (TPSA) is 105 Å².